The summed E-state index contributed by atoms with van der Waals surface area (Å²) in [5.41, 5.74) is 1.11. The number of benzene rings is 2. The van der Waals surface area contributed by atoms with Crippen LogP contribution in [0.15, 0.2) is 65.6 Å². The Morgan fingerprint density at radius 2 is 1.62 bits per heavy atom. The van der Waals surface area contributed by atoms with E-state index in [4.69, 9.17) is 0 Å². The van der Waals surface area contributed by atoms with E-state index >= 15 is 0 Å². The fraction of sp³-hybridized carbons (Fsp3) is 0.350. The number of sulfonamides is 1. The van der Waals surface area contributed by atoms with Crippen molar-refractivity contribution in [3.05, 3.63) is 66.2 Å². The number of nitrogens with one attached hydrogen (secondary N) is 1. The SMILES string of the molecule is O=C1CCC(CNS(=O)(=O)c2ccccc2)CCN1Cc1ccccc1. The molecule has 1 fully saturated rings. The number of nitrogens with zero attached hydrogens (tertiary/aromatic N) is 1. The van der Waals surface area contributed by atoms with Crippen LogP contribution in [-0.2, 0) is 21.4 Å². The molecule has 1 atom stereocenters. The maximum Gasteiger partial charge on any atom is 0.240 e. The van der Waals surface area contributed by atoms with Gasteiger partial charge in [0.15, 0.2) is 0 Å². The van der Waals surface area contributed by atoms with Crippen molar-refractivity contribution < 1.29 is 13.2 Å². The Labute approximate surface area is 155 Å². The molecule has 5 nitrogen and oxygen atoms in total. The van der Waals surface area contributed by atoms with E-state index in [2.05, 4.69) is 4.72 Å². The standard InChI is InChI=1S/C20H24N2O3S/c23-20-12-11-17(13-14-22(20)16-18-7-3-1-4-8-18)15-21-26(24,25)19-9-5-2-6-10-19/h1-10,17,21H,11-16H2. The summed E-state index contributed by atoms with van der Waals surface area (Å²) in [5, 5.41) is 0. The van der Waals surface area contributed by atoms with E-state index < -0.39 is 10.0 Å². The highest BCUT2D eigenvalue weighted by Crippen LogP contribution is 2.20. The first-order valence-electron chi connectivity index (χ1n) is 8.91. The van der Waals surface area contributed by atoms with Crippen LogP contribution in [0, 0.1) is 5.92 Å². The Morgan fingerprint density at radius 3 is 2.31 bits per heavy atom. The van der Waals surface area contributed by atoms with Crippen LogP contribution in [-0.4, -0.2) is 32.3 Å². The molecule has 1 N–H and O–H groups in total. The lowest BCUT2D eigenvalue weighted by atomic mass is 10.0. The lowest BCUT2D eigenvalue weighted by Crippen LogP contribution is -2.31. The predicted octanol–water partition coefficient (Wildman–Crippen LogP) is 2.79. The Balaban J connectivity index is 1.56. The summed E-state index contributed by atoms with van der Waals surface area (Å²) in [6, 6.07) is 18.3. The summed E-state index contributed by atoms with van der Waals surface area (Å²) in [6.07, 6.45) is 1.97. The third kappa shape index (κ3) is 4.93. The smallest absolute Gasteiger partial charge is 0.240 e. The number of rotatable bonds is 6. The van der Waals surface area contributed by atoms with Crippen molar-refractivity contribution in [2.24, 2.45) is 5.92 Å². The number of carbonyl (C=O) groups excluding carboxylic acids is 1. The Hall–Kier alpha value is -2.18. The number of hydrogen-bond acceptors (Lipinski definition) is 3. The molecule has 1 unspecified atom stereocenters. The second kappa shape index (κ2) is 8.47. The minimum atomic E-state index is -3.50. The van der Waals surface area contributed by atoms with Crippen LogP contribution in [0.3, 0.4) is 0 Å². The van der Waals surface area contributed by atoms with Crippen molar-refractivity contribution in [2.45, 2.75) is 30.7 Å². The van der Waals surface area contributed by atoms with E-state index in [1.165, 1.54) is 0 Å². The molecule has 0 aromatic heterocycles. The molecule has 26 heavy (non-hydrogen) atoms. The van der Waals surface area contributed by atoms with Gasteiger partial charge >= 0.3 is 0 Å². The van der Waals surface area contributed by atoms with Gasteiger partial charge in [-0.15, -0.1) is 0 Å². The van der Waals surface area contributed by atoms with Crippen LogP contribution < -0.4 is 4.72 Å². The third-order valence-electron chi connectivity index (χ3n) is 4.76. The van der Waals surface area contributed by atoms with Crippen molar-refractivity contribution in [2.75, 3.05) is 13.1 Å². The number of likely N-dealkylation sites (tertiary alicyclic amines) is 1. The van der Waals surface area contributed by atoms with Crippen LogP contribution in [0.1, 0.15) is 24.8 Å². The molecule has 0 aliphatic carbocycles. The van der Waals surface area contributed by atoms with Gasteiger partial charge in [-0.1, -0.05) is 48.5 Å². The quantitative estimate of drug-likeness (QED) is 0.848. The second-order valence-electron chi connectivity index (χ2n) is 6.66. The molecule has 1 saturated heterocycles. The molecule has 1 aliphatic heterocycles. The summed E-state index contributed by atoms with van der Waals surface area (Å²) < 4.78 is 27.4. The maximum absolute atomic E-state index is 12.4. The molecule has 6 heteroatoms. The molecule has 1 aliphatic rings. The van der Waals surface area contributed by atoms with Crippen LogP contribution in [0.4, 0.5) is 0 Å². The zero-order chi connectivity index (χ0) is 18.4. The van der Waals surface area contributed by atoms with Gasteiger partial charge in [-0.25, -0.2) is 13.1 Å². The van der Waals surface area contributed by atoms with E-state index in [1.807, 2.05) is 35.2 Å². The summed E-state index contributed by atoms with van der Waals surface area (Å²) in [4.78, 5) is 14.5. The second-order valence-corrected chi connectivity index (χ2v) is 8.43. The molecule has 0 radical (unpaired) electrons. The van der Waals surface area contributed by atoms with Gasteiger partial charge < -0.3 is 4.90 Å². The Bertz CT molecular complexity index is 823. The van der Waals surface area contributed by atoms with E-state index in [0.29, 0.717) is 32.5 Å². The Morgan fingerprint density at radius 1 is 0.962 bits per heavy atom. The lowest BCUT2D eigenvalue weighted by Gasteiger charge is -2.21. The minimum absolute atomic E-state index is 0.141. The summed E-state index contributed by atoms with van der Waals surface area (Å²) in [7, 11) is -3.50. The van der Waals surface area contributed by atoms with Crippen molar-refractivity contribution in [1.82, 2.24) is 9.62 Å². The monoisotopic (exact) mass is 372 g/mol. The molecule has 0 saturated carbocycles. The van der Waals surface area contributed by atoms with Crippen LogP contribution in [0.5, 0.6) is 0 Å². The van der Waals surface area contributed by atoms with Crippen LogP contribution in [0.25, 0.3) is 0 Å². The first kappa shape index (κ1) is 18.6. The molecule has 1 heterocycles. The number of carbonyl (C=O) groups is 1. The Kier molecular flexibility index (Phi) is 6.06. The fourth-order valence-electron chi connectivity index (χ4n) is 3.18. The minimum Gasteiger partial charge on any atom is -0.338 e. The number of amides is 1. The molecule has 138 valence electrons. The molecule has 3 rings (SSSR count). The fourth-order valence-corrected chi connectivity index (χ4v) is 4.32. The average molecular weight is 372 g/mol. The van der Waals surface area contributed by atoms with Gasteiger partial charge in [0.1, 0.15) is 0 Å². The molecule has 0 spiro atoms. The van der Waals surface area contributed by atoms with Gasteiger partial charge in [0.05, 0.1) is 4.90 Å². The summed E-state index contributed by atoms with van der Waals surface area (Å²) in [5.74, 6) is 0.306. The molecule has 2 aromatic rings. The third-order valence-corrected chi connectivity index (χ3v) is 6.20. The predicted molar refractivity (Wildman–Crippen MR) is 101 cm³/mol. The average Bonchev–Trinajstić information content (AvgIpc) is 2.84. The zero-order valence-electron chi connectivity index (χ0n) is 14.7. The normalized spacial score (nSPS) is 18.5. The van der Waals surface area contributed by atoms with Gasteiger partial charge in [-0.2, -0.15) is 0 Å². The van der Waals surface area contributed by atoms with E-state index in [-0.39, 0.29) is 16.7 Å². The van der Waals surface area contributed by atoms with E-state index in [1.54, 1.807) is 30.3 Å². The molecule has 0 bridgehead atoms. The van der Waals surface area contributed by atoms with Gasteiger partial charge in [0.2, 0.25) is 15.9 Å². The first-order chi connectivity index (χ1) is 12.5. The van der Waals surface area contributed by atoms with Gasteiger partial charge in [-0.05, 0) is 36.5 Å². The highest BCUT2D eigenvalue weighted by atomic mass is 32.2. The maximum atomic E-state index is 12.4. The largest absolute Gasteiger partial charge is 0.338 e. The lowest BCUT2D eigenvalue weighted by molar-refractivity contribution is -0.131. The van der Waals surface area contributed by atoms with Gasteiger partial charge in [0.25, 0.3) is 0 Å². The number of hydrogen-bond donors (Lipinski definition) is 1. The van der Waals surface area contributed by atoms with Gasteiger partial charge in [0, 0.05) is 26.1 Å². The van der Waals surface area contributed by atoms with Crippen molar-refractivity contribution >= 4 is 15.9 Å². The highest BCUT2D eigenvalue weighted by molar-refractivity contribution is 7.89. The van der Waals surface area contributed by atoms with Crippen molar-refractivity contribution in [1.29, 1.82) is 0 Å². The summed E-state index contributed by atoms with van der Waals surface area (Å²) >= 11 is 0. The zero-order valence-corrected chi connectivity index (χ0v) is 15.5. The highest BCUT2D eigenvalue weighted by Gasteiger charge is 2.24. The molecular weight excluding hydrogens is 348 g/mol. The van der Waals surface area contributed by atoms with E-state index in [0.717, 1.165) is 12.0 Å². The molecular formula is C20H24N2O3S. The van der Waals surface area contributed by atoms with E-state index in [9.17, 15) is 13.2 Å². The van der Waals surface area contributed by atoms with Crippen molar-refractivity contribution in [3.8, 4) is 0 Å². The topological polar surface area (TPSA) is 66.5 Å². The first-order valence-corrected chi connectivity index (χ1v) is 10.4. The molecule has 2 aromatic carbocycles. The van der Waals surface area contributed by atoms with Crippen molar-refractivity contribution in [3.63, 3.8) is 0 Å². The molecule has 1 amide bonds. The van der Waals surface area contributed by atoms with Crippen LogP contribution in [0.2, 0.25) is 0 Å². The van der Waals surface area contributed by atoms with Gasteiger partial charge in [-0.3, -0.25) is 4.79 Å². The van der Waals surface area contributed by atoms with Crippen LogP contribution >= 0.6 is 0 Å². The summed E-state index contributed by atoms with van der Waals surface area (Å²) in [6.45, 7) is 1.64.